The number of benzene rings is 2. The lowest BCUT2D eigenvalue weighted by molar-refractivity contribution is -0.115. The Balaban J connectivity index is 1.17. The first-order valence-electron chi connectivity index (χ1n) is 17.0. The van der Waals surface area contributed by atoms with Crippen molar-refractivity contribution in [3.8, 4) is 0 Å². The number of para-hydroxylation sites is 1. The molecule has 0 saturated heterocycles. The molecular weight excluding hydrogens is 705 g/mol. The number of allylic oxidation sites excluding steroid dienone is 2. The number of fused-ring (bicyclic) bond motifs is 3. The summed E-state index contributed by atoms with van der Waals surface area (Å²) in [5, 5.41) is 6.15. The van der Waals surface area contributed by atoms with Gasteiger partial charge in [0, 0.05) is 26.9 Å². The number of thioether (sulfide) groups is 2. The fourth-order valence-electron chi connectivity index (χ4n) is 6.13. The summed E-state index contributed by atoms with van der Waals surface area (Å²) in [6.45, 7) is 9.99. The van der Waals surface area contributed by atoms with Gasteiger partial charge in [-0.1, -0.05) is 49.4 Å². The van der Waals surface area contributed by atoms with E-state index >= 15 is 0 Å². The zero-order valence-corrected chi connectivity index (χ0v) is 31.7. The number of nitrogens with zero attached hydrogens (tertiary/aromatic N) is 2. The van der Waals surface area contributed by atoms with Crippen molar-refractivity contribution in [2.75, 3.05) is 28.7 Å². The number of urea groups is 1. The van der Waals surface area contributed by atoms with Crippen LogP contribution in [0.25, 0.3) is 0 Å². The predicted octanol–water partition coefficient (Wildman–Crippen LogP) is 8.73. The molecule has 1 aromatic heterocycles. The minimum Gasteiger partial charge on any atom is -0.462 e. The lowest BCUT2D eigenvalue weighted by Crippen LogP contribution is -2.49. The molecule has 0 fully saturated rings. The van der Waals surface area contributed by atoms with Crippen molar-refractivity contribution < 1.29 is 28.7 Å². The third-order valence-electron chi connectivity index (χ3n) is 8.41. The minimum absolute atomic E-state index is 0.114. The number of hydrogen-bond donors (Lipinski definition) is 2. The first-order valence-corrected chi connectivity index (χ1v) is 19.6. The SMILES string of the molecule is CCOC(=O)c1c(NC(=O)C(CC)Sc2cccc(NC(=O)N3c4ccccc4SC4C=CC=CC43)c2)sc2c1CCN(C(=O)OC(C)(C)C)C2. The molecule has 51 heavy (non-hydrogen) atoms. The average Bonchev–Trinajstić information content (AvgIpc) is 3.46. The molecule has 2 N–H and O–H groups in total. The highest BCUT2D eigenvalue weighted by Crippen LogP contribution is 2.44. The number of nitrogens with one attached hydrogen (secondary N) is 2. The van der Waals surface area contributed by atoms with Crippen molar-refractivity contribution in [1.29, 1.82) is 0 Å². The Labute approximate surface area is 311 Å². The molecule has 3 heterocycles. The van der Waals surface area contributed by atoms with E-state index in [1.54, 1.807) is 23.6 Å². The highest BCUT2D eigenvalue weighted by atomic mass is 32.2. The van der Waals surface area contributed by atoms with E-state index < -0.39 is 22.9 Å². The molecule has 0 bridgehead atoms. The van der Waals surface area contributed by atoms with Gasteiger partial charge >= 0.3 is 18.1 Å². The van der Waals surface area contributed by atoms with Gasteiger partial charge in [0.05, 0.1) is 40.9 Å². The summed E-state index contributed by atoms with van der Waals surface area (Å²) in [5.41, 5.74) is 1.99. The molecule has 0 radical (unpaired) electrons. The van der Waals surface area contributed by atoms with Crippen LogP contribution in [-0.2, 0) is 27.2 Å². The zero-order valence-electron chi connectivity index (χ0n) is 29.3. The van der Waals surface area contributed by atoms with Crippen LogP contribution < -0.4 is 15.5 Å². The molecule has 3 unspecified atom stereocenters. The number of thiophene rings is 1. The van der Waals surface area contributed by atoms with Gasteiger partial charge in [-0.2, -0.15) is 0 Å². The number of esters is 1. The molecule has 3 aromatic rings. The Hall–Kier alpha value is -4.20. The molecule has 13 heteroatoms. The Bertz CT molecular complexity index is 1880. The average molecular weight is 747 g/mol. The van der Waals surface area contributed by atoms with Gasteiger partial charge in [0.2, 0.25) is 5.91 Å². The number of carbonyl (C=O) groups excluding carboxylic acids is 4. The van der Waals surface area contributed by atoms with Crippen LogP contribution in [0.4, 0.5) is 26.0 Å². The van der Waals surface area contributed by atoms with Gasteiger partial charge in [-0.3, -0.25) is 9.69 Å². The van der Waals surface area contributed by atoms with Crippen LogP contribution in [0.1, 0.15) is 61.8 Å². The Kier molecular flexibility index (Phi) is 11.2. The van der Waals surface area contributed by atoms with Gasteiger partial charge in [-0.25, -0.2) is 14.4 Å². The number of rotatable bonds is 8. The summed E-state index contributed by atoms with van der Waals surface area (Å²) in [4.78, 5) is 59.7. The summed E-state index contributed by atoms with van der Waals surface area (Å²) in [5.74, 6) is -0.753. The fraction of sp³-hybridized carbons (Fsp3) is 0.368. The van der Waals surface area contributed by atoms with E-state index in [-0.39, 0.29) is 36.4 Å². The third kappa shape index (κ3) is 8.31. The Morgan fingerprint density at radius 1 is 1.02 bits per heavy atom. The fourth-order valence-corrected chi connectivity index (χ4v) is 9.65. The van der Waals surface area contributed by atoms with E-state index in [0.717, 1.165) is 25.9 Å². The van der Waals surface area contributed by atoms with Crippen molar-refractivity contribution in [2.24, 2.45) is 0 Å². The number of carbonyl (C=O) groups is 4. The van der Waals surface area contributed by atoms with Crippen LogP contribution in [0, 0.1) is 0 Å². The van der Waals surface area contributed by atoms with Crippen molar-refractivity contribution in [3.63, 3.8) is 0 Å². The molecule has 2 aliphatic heterocycles. The van der Waals surface area contributed by atoms with Crippen LogP contribution in [0.3, 0.4) is 0 Å². The monoisotopic (exact) mass is 746 g/mol. The van der Waals surface area contributed by atoms with Crippen LogP contribution >= 0.6 is 34.9 Å². The van der Waals surface area contributed by atoms with Gasteiger partial charge < -0.3 is 25.0 Å². The van der Waals surface area contributed by atoms with Crippen LogP contribution in [0.2, 0.25) is 0 Å². The van der Waals surface area contributed by atoms with E-state index in [2.05, 4.69) is 22.8 Å². The summed E-state index contributed by atoms with van der Waals surface area (Å²) in [7, 11) is 0. The number of amides is 4. The third-order valence-corrected chi connectivity index (χ3v) is 12.2. The van der Waals surface area contributed by atoms with Crippen molar-refractivity contribution in [3.05, 3.63) is 88.8 Å². The van der Waals surface area contributed by atoms with Gasteiger partial charge in [-0.15, -0.1) is 34.9 Å². The molecule has 4 amide bonds. The molecule has 3 aliphatic rings. The van der Waals surface area contributed by atoms with Crippen LogP contribution in [0.15, 0.2) is 82.6 Å². The molecule has 1 aliphatic carbocycles. The van der Waals surface area contributed by atoms with E-state index in [4.69, 9.17) is 9.47 Å². The first kappa shape index (κ1) is 36.6. The van der Waals surface area contributed by atoms with E-state index in [1.807, 2.05) is 93.3 Å². The molecule has 0 spiro atoms. The molecule has 3 atom stereocenters. The van der Waals surface area contributed by atoms with Crippen molar-refractivity contribution >= 4 is 75.2 Å². The van der Waals surface area contributed by atoms with Gasteiger partial charge in [0.1, 0.15) is 10.6 Å². The van der Waals surface area contributed by atoms with Gasteiger partial charge in [0.25, 0.3) is 0 Å². The summed E-state index contributed by atoms with van der Waals surface area (Å²) in [6, 6.07) is 15.0. The quantitative estimate of drug-likeness (QED) is 0.174. The first-order chi connectivity index (χ1) is 24.5. The molecule has 2 aromatic carbocycles. The maximum atomic E-state index is 13.8. The van der Waals surface area contributed by atoms with E-state index in [0.29, 0.717) is 35.6 Å². The standard InChI is InChI=1S/C38H42N4O6S3/c1-6-28(33(43)40-34-32(35(44)47-7-2)25-19-20-41(22-31(25)51-34)37(46)48-38(3,4)5)49-24-14-12-13-23(21-24)39-36(45)42-26-15-8-10-17-29(26)50-30-18-11-9-16-27(30)42/h8-18,21,26,28-29H,6-7,19-20,22H2,1-5H3,(H,39,45)(H,40,43). The molecule has 0 saturated carbocycles. The second-order valence-corrected chi connectivity index (χ2v) is 16.8. The molecule has 10 nitrogen and oxygen atoms in total. The maximum absolute atomic E-state index is 13.8. The lowest BCUT2D eigenvalue weighted by Gasteiger charge is -2.40. The smallest absolute Gasteiger partial charge is 0.410 e. The van der Waals surface area contributed by atoms with E-state index in [1.165, 1.54) is 23.1 Å². The highest BCUT2D eigenvalue weighted by Gasteiger charge is 2.37. The van der Waals surface area contributed by atoms with Gasteiger partial charge in [0.15, 0.2) is 0 Å². The van der Waals surface area contributed by atoms with Crippen LogP contribution in [0.5, 0.6) is 0 Å². The molecule has 268 valence electrons. The lowest BCUT2D eigenvalue weighted by atomic mass is 10.0. The van der Waals surface area contributed by atoms with Crippen molar-refractivity contribution in [2.45, 2.75) is 85.9 Å². The summed E-state index contributed by atoms with van der Waals surface area (Å²) < 4.78 is 11.0. The second kappa shape index (κ2) is 15.6. The minimum atomic E-state index is -0.632. The van der Waals surface area contributed by atoms with Crippen molar-refractivity contribution in [1.82, 2.24) is 4.90 Å². The zero-order chi connectivity index (χ0) is 36.3. The predicted molar refractivity (Wildman–Crippen MR) is 205 cm³/mol. The number of hydrogen-bond acceptors (Lipinski definition) is 9. The number of ether oxygens (including phenoxy) is 2. The topological polar surface area (TPSA) is 117 Å². The molecular formula is C38H42N4O6S3. The molecule has 6 rings (SSSR count). The Morgan fingerprint density at radius 3 is 2.57 bits per heavy atom. The summed E-state index contributed by atoms with van der Waals surface area (Å²) >= 11 is 4.43. The number of anilines is 3. The Morgan fingerprint density at radius 2 is 1.80 bits per heavy atom. The normalized spacial score (nSPS) is 18.2. The summed E-state index contributed by atoms with van der Waals surface area (Å²) in [6.07, 6.45) is 8.71. The van der Waals surface area contributed by atoms with E-state index in [9.17, 15) is 19.2 Å². The maximum Gasteiger partial charge on any atom is 0.410 e. The second-order valence-electron chi connectivity index (χ2n) is 13.2. The highest BCUT2D eigenvalue weighted by molar-refractivity contribution is 8.00. The van der Waals surface area contributed by atoms with Crippen LogP contribution in [-0.4, -0.2) is 64.2 Å². The largest absolute Gasteiger partial charge is 0.462 e. The van der Waals surface area contributed by atoms with Gasteiger partial charge in [-0.05, 0) is 76.4 Å².